The van der Waals surface area contributed by atoms with E-state index in [0.29, 0.717) is 6.54 Å². The summed E-state index contributed by atoms with van der Waals surface area (Å²) in [6.07, 6.45) is 1.81. The number of rotatable bonds is 6. The Hall–Kier alpha value is -0.490. The summed E-state index contributed by atoms with van der Waals surface area (Å²) in [7, 11) is 0. The molecule has 0 fully saturated rings. The highest BCUT2D eigenvalue weighted by Crippen LogP contribution is 2.13. The van der Waals surface area contributed by atoms with E-state index >= 15 is 0 Å². The maximum Gasteiger partial charge on any atom is 0.0794 e. The van der Waals surface area contributed by atoms with Gasteiger partial charge in [-0.1, -0.05) is 6.92 Å². The molecule has 0 aromatic carbocycles. The molecule has 0 atom stereocenters. The van der Waals surface area contributed by atoms with Gasteiger partial charge in [0.15, 0.2) is 0 Å². The van der Waals surface area contributed by atoms with Gasteiger partial charge in [-0.25, -0.2) is 0 Å². The van der Waals surface area contributed by atoms with Crippen molar-refractivity contribution in [3.63, 3.8) is 0 Å². The van der Waals surface area contributed by atoms with Gasteiger partial charge in [-0.2, -0.15) is 0 Å². The van der Waals surface area contributed by atoms with E-state index in [-0.39, 0.29) is 13.2 Å². The van der Waals surface area contributed by atoms with E-state index in [0.717, 1.165) is 11.4 Å². The summed E-state index contributed by atoms with van der Waals surface area (Å²) in [4.78, 5) is 5.11. The van der Waals surface area contributed by atoms with E-state index in [2.05, 4.69) is 10.3 Å². The summed E-state index contributed by atoms with van der Waals surface area (Å²) in [6, 6.07) is 0. The van der Waals surface area contributed by atoms with Crippen LogP contribution in [0.15, 0.2) is 11.7 Å². The first-order chi connectivity index (χ1) is 6.70. The number of aromatic nitrogens is 1. The van der Waals surface area contributed by atoms with Crippen LogP contribution in [0.1, 0.15) is 11.8 Å². The standard InChI is InChI=1S/C9H16N2O2S/c1-9(5-12,6-13)4-10-2-8-3-11-7-14-8/h3,7,10,12-13H,2,4-6H2,1H3. The lowest BCUT2D eigenvalue weighted by atomic mass is 9.93. The topological polar surface area (TPSA) is 65.4 Å². The fourth-order valence-corrected chi connectivity index (χ4v) is 1.54. The van der Waals surface area contributed by atoms with Gasteiger partial charge < -0.3 is 15.5 Å². The van der Waals surface area contributed by atoms with Crippen LogP contribution in [0.2, 0.25) is 0 Å². The van der Waals surface area contributed by atoms with Crippen LogP contribution in [-0.4, -0.2) is 35.0 Å². The molecule has 0 radical (unpaired) electrons. The molecule has 0 amide bonds. The molecular weight excluding hydrogens is 200 g/mol. The number of aliphatic hydroxyl groups excluding tert-OH is 2. The van der Waals surface area contributed by atoms with Gasteiger partial charge in [-0.05, 0) is 0 Å². The van der Waals surface area contributed by atoms with Crippen LogP contribution in [0.25, 0.3) is 0 Å². The molecule has 1 aromatic heterocycles. The third-order valence-electron chi connectivity index (χ3n) is 2.10. The third-order valence-corrected chi connectivity index (χ3v) is 2.88. The molecule has 4 nitrogen and oxygen atoms in total. The fraction of sp³-hybridized carbons (Fsp3) is 0.667. The van der Waals surface area contributed by atoms with Crippen molar-refractivity contribution in [3.05, 3.63) is 16.6 Å². The molecule has 14 heavy (non-hydrogen) atoms. The summed E-state index contributed by atoms with van der Waals surface area (Å²) in [5, 5.41) is 21.2. The molecule has 0 bridgehead atoms. The zero-order valence-corrected chi connectivity index (χ0v) is 9.05. The van der Waals surface area contributed by atoms with Crippen LogP contribution in [0.3, 0.4) is 0 Å². The van der Waals surface area contributed by atoms with E-state index in [9.17, 15) is 0 Å². The summed E-state index contributed by atoms with van der Waals surface area (Å²) < 4.78 is 0. The number of nitrogens with one attached hydrogen (secondary N) is 1. The Morgan fingerprint density at radius 1 is 1.50 bits per heavy atom. The Bertz CT molecular complexity index is 247. The molecule has 0 saturated carbocycles. The molecule has 3 N–H and O–H groups in total. The second kappa shape index (κ2) is 5.41. The number of thiazole rings is 1. The average Bonchev–Trinajstić information content (AvgIpc) is 2.70. The smallest absolute Gasteiger partial charge is 0.0794 e. The molecule has 1 heterocycles. The van der Waals surface area contributed by atoms with Crippen molar-refractivity contribution >= 4 is 11.3 Å². The van der Waals surface area contributed by atoms with Crippen LogP contribution in [-0.2, 0) is 6.54 Å². The fourth-order valence-electron chi connectivity index (χ4n) is 0.979. The number of hydrogen-bond acceptors (Lipinski definition) is 5. The van der Waals surface area contributed by atoms with Crippen molar-refractivity contribution in [3.8, 4) is 0 Å². The first-order valence-electron chi connectivity index (χ1n) is 4.50. The maximum atomic E-state index is 9.03. The zero-order valence-electron chi connectivity index (χ0n) is 8.23. The molecule has 1 rings (SSSR count). The predicted octanol–water partition coefficient (Wildman–Crippen LogP) is 0.224. The SMILES string of the molecule is CC(CO)(CO)CNCc1cncs1. The van der Waals surface area contributed by atoms with E-state index in [1.54, 1.807) is 16.8 Å². The molecule has 0 spiro atoms. The van der Waals surface area contributed by atoms with Crippen molar-refractivity contribution < 1.29 is 10.2 Å². The van der Waals surface area contributed by atoms with Gasteiger partial charge in [0.2, 0.25) is 0 Å². The molecule has 0 saturated heterocycles. The minimum Gasteiger partial charge on any atom is -0.396 e. The van der Waals surface area contributed by atoms with Crippen molar-refractivity contribution in [2.75, 3.05) is 19.8 Å². The van der Waals surface area contributed by atoms with E-state index < -0.39 is 5.41 Å². The Labute approximate surface area is 87.6 Å². The summed E-state index contributed by atoms with van der Waals surface area (Å²) in [6.45, 7) is 3.14. The highest BCUT2D eigenvalue weighted by Gasteiger charge is 2.21. The van der Waals surface area contributed by atoms with Crippen molar-refractivity contribution in [2.24, 2.45) is 5.41 Å². The van der Waals surface area contributed by atoms with Gasteiger partial charge in [-0.15, -0.1) is 11.3 Å². The first kappa shape index (κ1) is 11.6. The largest absolute Gasteiger partial charge is 0.396 e. The average molecular weight is 216 g/mol. The minimum atomic E-state index is -0.440. The Kier molecular flexibility index (Phi) is 4.47. The minimum absolute atomic E-state index is 0.0147. The van der Waals surface area contributed by atoms with Crippen LogP contribution < -0.4 is 5.32 Å². The quantitative estimate of drug-likeness (QED) is 0.636. The van der Waals surface area contributed by atoms with Crippen molar-refractivity contribution in [1.29, 1.82) is 0 Å². The van der Waals surface area contributed by atoms with E-state index in [1.165, 1.54) is 0 Å². The van der Waals surface area contributed by atoms with E-state index in [4.69, 9.17) is 10.2 Å². The van der Waals surface area contributed by atoms with Gasteiger partial charge in [0.1, 0.15) is 0 Å². The first-order valence-corrected chi connectivity index (χ1v) is 5.38. The predicted molar refractivity (Wildman–Crippen MR) is 56.1 cm³/mol. The van der Waals surface area contributed by atoms with Gasteiger partial charge in [0, 0.05) is 29.6 Å². The van der Waals surface area contributed by atoms with Crippen LogP contribution in [0.4, 0.5) is 0 Å². The highest BCUT2D eigenvalue weighted by atomic mass is 32.1. The molecule has 80 valence electrons. The van der Waals surface area contributed by atoms with Gasteiger partial charge in [0.25, 0.3) is 0 Å². The maximum absolute atomic E-state index is 9.03. The Morgan fingerprint density at radius 2 is 2.21 bits per heavy atom. The molecule has 1 aromatic rings. The van der Waals surface area contributed by atoms with E-state index in [1.807, 2.05) is 13.1 Å². The third kappa shape index (κ3) is 3.34. The lowest BCUT2D eigenvalue weighted by Gasteiger charge is -2.24. The Balaban J connectivity index is 2.27. The van der Waals surface area contributed by atoms with Crippen LogP contribution >= 0.6 is 11.3 Å². The van der Waals surface area contributed by atoms with Crippen LogP contribution in [0.5, 0.6) is 0 Å². The molecule has 0 aliphatic carbocycles. The second-order valence-corrected chi connectivity index (χ2v) is 4.67. The van der Waals surface area contributed by atoms with Gasteiger partial charge in [-0.3, -0.25) is 4.98 Å². The second-order valence-electron chi connectivity index (χ2n) is 3.70. The number of aliphatic hydroxyl groups is 2. The van der Waals surface area contributed by atoms with Crippen molar-refractivity contribution in [1.82, 2.24) is 10.3 Å². The number of nitrogens with zero attached hydrogens (tertiary/aromatic N) is 1. The lowest BCUT2D eigenvalue weighted by Crippen LogP contribution is -2.37. The summed E-state index contributed by atoms with van der Waals surface area (Å²) in [5.41, 5.74) is 1.35. The Morgan fingerprint density at radius 3 is 2.71 bits per heavy atom. The monoisotopic (exact) mass is 216 g/mol. The molecular formula is C9H16N2O2S. The van der Waals surface area contributed by atoms with Gasteiger partial charge in [0.05, 0.1) is 18.7 Å². The summed E-state index contributed by atoms with van der Waals surface area (Å²) in [5.74, 6) is 0. The highest BCUT2D eigenvalue weighted by molar-refractivity contribution is 7.09. The zero-order chi connectivity index (χ0) is 10.4. The molecule has 0 aliphatic rings. The molecule has 0 unspecified atom stereocenters. The van der Waals surface area contributed by atoms with Crippen LogP contribution in [0, 0.1) is 5.41 Å². The van der Waals surface area contributed by atoms with Gasteiger partial charge >= 0.3 is 0 Å². The molecule has 5 heteroatoms. The normalized spacial score (nSPS) is 11.9. The number of hydrogen-bond donors (Lipinski definition) is 3. The van der Waals surface area contributed by atoms with Crippen molar-refractivity contribution in [2.45, 2.75) is 13.5 Å². The lowest BCUT2D eigenvalue weighted by molar-refractivity contribution is 0.0696. The summed E-state index contributed by atoms with van der Waals surface area (Å²) >= 11 is 1.59. The molecule has 0 aliphatic heterocycles.